The molecule has 100 valence electrons. The molecular formula is C15H16Br2N2. The summed E-state index contributed by atoms with van der Waals surface area (Å²) in [6.07, 6.45) is 3.38. The molecule has 1 aliphatic carbocycles. The zero-order valence-corrected chi connectivity index (χ0v) is 14.0. The van der Waals surface area contributed by atoms with Gasteiger partial charge in [-0.3, -0.25) is 0 Å². The highest BCUT2D eigenvalue weighted by Crippen LogP contribution is 2.35. The Bertz CT molecular complexity index is 631. The van der Waals surface area contributed by atoms with E-state index in [0.29, 0.717) is 0 Å². The summed E-state index contributed by atoms with van der Waals surface area (Å²) in [6, 6.07) is 8.74. The first-order chi connectivity index (χ1) is 9.08. The van der Waals surface area contributed by atoms with Crippen LogP contribution in [0.5, 0.6) is 0 Å². The third-order valence-corrected chi connectivity index (χ3v) is 4.93. The maximum Gasteiger partial charge on any atom is 0.0598 e. The van der Waals surface area contributed by atoms with E-state index in [2.05, 4.69) is 67.6 Å². The molecule has 1 unspecified atom stereocenters. The topological polar surface area (TPSA) is 30.9 Å². The monoisotopic (exact) mass is 382 g/mol. The molecule has 0 radical (unpaired) electrons. The number of halogens is 2. The molecule has 1 heterocycles. The number of benzene rings is 1. The van der Waals surface area contributed by atoms with Gasteiger partial charge < -0.3 is 10.3 Å². The molecule has 0 amide bonds. The fourth-order valence-electron chi connectivity index (χ4n) is 2.93. The summed E-state index contributed by atoms with van der Waals surface area (Å²) in [7, 11) is 0. The van der Waals surface area contributed by atoms with Gasteiger partial charge in [0, 0.05) is 26.4 Å². The van der Waals surface area contributed by atoms with Crippen molar-refractivity contribution in [3.63, 3.8) is 0 Å². The molecular weight excluding hydrogens is 368 g/mol. The van der Waals surface area contributed by atoms with E-state index in [0.717, 1.165) is 21.8 Å². The highest BCUT2D eigenvalue weighted by atomic mass is 79.9. The molecule has 1 atom stereocenters. The zero-order valence-electron chi connectivity index (χ0n) is 10.8. The number of nitrogens with two attached hydrogens (primary N) is 1. The van der Waals surface area contributed by atoms with E-state index < -0.39 is 0 Å². The van der Waals surface area contributed by atoms with Crippen molar-refractivity contribution in [1.29, 1.82) is 0 Å². The zero-order chi connectivity index (χ0) is 13.6. The van der Waals surface area contributed by atoms with E-state index >= 15 is 0 Å². The predicted octanol–water partition coefficient (Wildman–Crippen LogP) is 4.65. The number of aromatic nitrogens is 1. The van der Waals surface area contributed by atoms with Crippen molar-refractivity contribution < 1.29 is 0 Å². The lowest BCUT2D eigenvalue weighted by molar-refractivity contribution is 0.560. The van der Waals surface area contributed by atoms with E-state index in [-0.39, 0.29) is 6.04 Å². The van der Waals surface area contributed by atoms with Crippen molar-refractivity contribution in [1.82, 2.24) is 4.57 Å². The Labute approximate surface area is 130 Å². The molecule has 19 heavy (non-hydrogen) atoms. The Morgan fingerprint density at radius 2 is 2.05 bits per heavy atom. The number of hydrogen-bond donors (Lipinski definition) is 1. The Hall–Kier alpha value is -0.580. The summed E-state index contributed by atoms with van der Waals surface area (Å²) in [5.41, 5.74) is 11.4. The number of nitrogens with zero attached hydrogens (tertiary/aromatic N) is 1. The Balaban J connectivity index is 2.20. The summed E-state index contributed by atoms with van der Waals surface area (Å²) in [6.45, 7) is 2.15. The van der Waals surface area contributed by atoms with Gasteiger partial charge in [0.25, 0.3) is 0 Å². The van der Waals surface area contributed by atoms with Gasteiger partial charge in [-0.1, -0.05) is 15.9 Å². The van der Waals surface area contributed by atoms with Crippen LogP contribution in [0.1, 0.15) is 35.8 Å². The van der Waals surface area contributed by atoms with Crippen LogP contribution in [0.15, 0.2) is 33.2 Å². The summed E-state index contributed by atoms with van der Waals surface area (Å²) in [5.74, 6) is 0. The van der Waals surface area contributed by atoms with Crippen molar-refractivity contribution >= 4 is 31.9 Å². The molecule has 1 aromatic carbocycles. The predicted molar refractivity (Wildman–Crippen MR) is 85.8 cm³/mol. The molecule has 0 bridgehead atoms. The smallest absolute Gasteiger partial charge is 0.0598 e. The summed E-state index contributed by atoms with van der Waals surface area (Å²) in [4.78, 5) is 0. The minimum absolute atomic E-state index is 0.193. The van der Waals surface area contributed by atoms with Crippen molar-refractivity contribution in [2.24, 2.45) is 5.73 Å². The van der Waals surface area contributed by atoms with Crippen LogP contribution >= 0.6 is 31.9 Å². The largest absolute Gasteiger partial charge is 0.324 e. The van der Waals surface area contributed by atoms with E-state index in [4.69, 9.17) is 5.73 Å². The summed E-state index contributed by atoms with van der Waals surface area (Å²) >= 11 is 7.17. The maximum atomic E-state index is 6.24. The van der Waals surface area contributed by atoms with Gasteiger partial charge >= 0.3 is 0 Å². The first-order valence-electron chi connectivity index (χ1n) is 6.50. The van der Waals surface area contributed by atoms with Crippen molar-refractivity contribution in [2.75, 3.05) is 0 Å². The third kappa shape index (κ3) is 2.30. The second-order valence-corrected chi connectivity index (χ2v) is 6.89. The number of hydrogen-bond acceptors (Lipinski definition) is 1. The highest BCUT2D eigenvalue weighted by Gasteiger charge is 2.23. The fraction of sp³-hybridized carbons (Fsp3) is 0.333. The standard InChI is InChI=1S/C15H16Br2N2/c1-9-7-11-13(18)3-2-4-14(11)19(9)15-6-5-10(16)8-12(15)17/h5-8,13H,2-4,18H2,1H3. The number of fused-ring (bicyclic) bond motifs is 1. The second-order valence-electron chi connectivity index (χ2n) is 5.12. The molecule has 2 N–H and O–H groups in total. The molecule has 1 aliphatic rings. The van der Waals surface area contributed by atoms with Crippen molar-refractivity contribution in [3.05, 3.63) is 50.2 Å². The van der Waals surface area contributed by atoms with Crippen LogP contribution in [-0.4, -0.2) is 4.57 Å². The van der Waals surface area contributed by atoms with Gasteiger partial charge in [-0.15, -0.1) is 0 Å². The lowest BCUT2D eigenvalue weighted by Gasteiger charge is -2.21. The van der Waals surface area contributed by atoms with Crippen LogP contribution in [0.4, 0.5) is 0 Å². The Kier molecular flexibility index (Phi) is 3.58. The van der Waals surface area contributed by atoms with Crippen LogP contribution in [0.2, 0.25) is 0 Å². The first kappa shape index (κ1) is 13.4. The average molecular weight is 384 g/mol. The molecule has 0 aliphatic heterocycles. The van der Waals surface area contributed by atoms with Gasteiger partial charge in [0.15, 0.2) is 0 Å². The molecule has 4 heteroatoms. The number of aryl methyl sites for hydroxylation is 1. The lowest BCUT2D eigenvalue weighted by atomic mass is 9.93. The van der Waals surface area contributed by atoms with E-state index in [9.17, 15) is 0 Å². The molecule has 1 aromatic heterocycles. The van der Waals surface area contributed by atoms with Gasteiger partial charge in [-0.2, -0.15) is 0 Å². The van der Waals surface area contributed by atoms with Crippen LogP contribution in [-0.2, 0) is 6.42 Å². The average Bonchev–Trinajstić information content (AvgIpc) is 2.68. The minimum atomic E-state index is 0.193. The SMILES string of the molecule is Cc1cc2c(n1-c1ccc(Br)cc1Br)CCCC2N. The third-order valence-electron chi connectivity index (χ3n) is 3.80. The van der Waals surface area contributed by atoms with Crippen LogP contribution in [0.25, 0.3) is 5.69 Å². The van der Waals surface area contributed by atoms with Gasteiger partial charge in [-0.25, -0.2) is 0 Å². The Morgan fingerprint density at radius 3 is 2.79 bits per heavy atom. The second kappa shape index (κ2) is 5.08. The maximum absolute atomic E-state index is 6.24. The number of rotatable bonds is 1. The van der Waals surface area contributed by atoms with Crippen LogP contribution < -0.4 is 5.73 Å². The molecule has 2 nitrogen and oxygen atoms in total. The van der Waals surface area contributed by atoms with Crippen LogP contribution in [0.3, 0.4) is 0 Å². The van der Waals surface area contributed by atoms with E-state index in [1.807, 2.05) is 0 Å². The fourth-order valence-corrected chi connectivity index (χ4v) is 4.16. The first-order valence-corrected chi connectivity index (χ1v) is 8.08. The van der Waals surface area contributed by atoms with Gasteiger partial charge in [0.2, 0.25) is 0 Å². The van der Waals surface area contributed by atoms with Gasteiger partial charge in [0.1, 0.15) is 0 Å². The molecule has 0 fully saturated rings. The van der Waals surface area contributed by atoms with Crippen molar-refractivity contribution in [3.8, 4) is 5.69 Å². The molecule has 0 spiro atoms. The highest BCUT2D eigenvalue weighted by molar-refractivity contribution is 9.11. The van der Waals surface area contributed by atoms with Gasteiger partial charge in [0.05, 0.1) is 5.69 Å². The van der Waals surface area contributed by atoms with Crippen LogP contribution in [0, 0.1) is 6.92 Å². The normalized spacial score (nSPS) is 18.4. The molecule has 3 rings (SSSR count). The lowest BCUT2D eigenvalue weighted by Crippen LogP contribution is -2.18. The quantitative estimate of drug-likeness (QED) is 0.763. The molecule has 0 saturated heterocycles. The van der Waals surface area contributed by atoms with E-state index in [1.54, 1.807) is 0 Å². The Morgan fingerprint density at radius 1 is 1.26 bits per heavy atom. The summed E-state index contributed by atoms with van der Waals surface area (Å²) < 4.78 is 4.52. The minimum Gasteiger partial charge on any atom is -0.324 e. The molecule has 2 aromatic rings. The van der Waals surface area contributed by atoms with Crippen molar-refractivity contribution in [2.45, 2.75) is 32.2 Å². The summed E-state index contributed by atoms with van der Waals surface area (Å²) in [5, 5.41) is 0. The van der Waals surface area contributed by atoms with Gasteiger partial charge in [-0.05, 0) is 71.9 Å². The molecule has 0 saturated carbocycles. The van der Waals surface area contributed by atoms with E-state index in [1.165, 1.54) is 29.1 Å².